The lowest BCUT2D eigenvalue weighted by molar-refractivity contribution is -0.189. The van der Waals surface area contributed by atoms with E-state index in [1.165, 1.54) is 13.0 Å². The van der Waals surface area contributed by atoms with Crippen molar-refractivity contribution < 1.29 is 31.4 Å². The van der Waals surface area contributed by atoms with Crippen molar-refractivity contribution in [3.05, 3.63) is 64.5 Å². The van der Waals surface area contributed by atoms with Gasteiger partial charge in [-0.15, -0.1) is 0 Å². The fourth-order valence-corrected chi connectivity index (χ4v) is 3.86. The molecule has 0 spiro atoms. The summed E-state index contributed by atoms with van der Waals surface area (Å²) in [5.74, 6) is -4.15. The van der Waals surface area contributed by atoms with Crippen LogP contribution in [0.3, 0.4) is 0 Å². The monoisotopic (exact) mass is 428 g/mol. The summed E-state index contributed by atoms with van der Waals surface area (Å²) in [5.41, 5.74) is -0.675. The first-order chi connectivity index (χ1) is 14.2. The van der Waals surface area contributed by atoms with Gasteiger partial charge in [0, 0.05) is 13.2 Å². The molecule has 3 rings (SSSR count). The number of alkyl halides is 2. The van der Waals surface area contributed by atoms with Crippen LogP contribution in [-0.2, 0) is 10.8 Å². The number of benzene rings is 2. The van der Waals surface area contributed by atoms with Crippen molar-refractivity contribution in [3.8, 4) is 5.75 Å². The Morgan fingerprint density at radius 1 is 0.967 bits per heavy atom. The Bertz CT molecular complexity index is 876. The summed E-state index contributed by atoms with van der Waals surface area (Å²) in [6, 6.07) is 5.61. The highest BCUT2D eigenvalue weighted by Gasteiger charge is 2.40. The van der Waals surface area contributed by atoms with Gasteiger partial charge in [0.05, 0.1) is 0 Å². The Hall–Kier alpha value is -2.15. The highest BCUT2D eigenvalue weighted by atomic mass is 19.3. The van der Waals surface area contributed by atoms with Crippen molar-refractivity contribution in [2.24, 2.45) is 5.92 Å². The molecule has 164 valence electrons. The summed E-state index contributed by atoms with van der Waals surface area (Å²) in [6.07, 6.45) is -0.580. The van der Waals surface area contributed by atoms with E-state index in [0.29, 0.717) is 18.1 Å². The molecule has 2 nitrogen and oxygen atoms in total. The van der Waals surface area contributed by atoms with Gasteiger partial charge in [0.1, 0.15) is 5.56 Å². The topological polar surface area (TPSA) is 18.5 Å². The minimum Gasteiger partial charge on any atom is -0.426 e. The van der Waals surface area contributed by atoms with Crippen molar-refractivity contribution in [2.75, 3.05) is 13.2 Å². The molecule has 0 radical (unpaired) electrons. The second-order valence-corrected chi connectivity index (χ2v) is 7.74. The first-order valence-corrected chi connectivity index (χ1v) is 10.1. The zero-order valence-electron chi connectivity index (χ0n) is 17.0. The van der Waals surface area contributed by atoms with E-state index in [1.807, 2.05) is 6.92 Å². The number of halogens is 5. The molecule has 1 aliphatic rings. The van der Waals surface area contributed by atoms with Gasteiger partial charge in [0.2, 0.25) is 0 Å². The summed E-state index contributed by atoms with van der Waals surface area (Å²) in [6.45, 7) is 4.60. The summed E-state index contributed by atoms with van der Waals surface area (Å²) in [7, 11) is 0. The molecular weight excluding hydrogens is 403 g/mol. The smallest absolute Gasteiger partial charge is 0.426 e. The average molecular weight is 428 g/mol. The van der Waals surface area contributed by atoms with Gasteiger partial charge in [-0.3, -0.25) is 0 Å². The molecule has 0 heterocycles. The van der Waals surface area contributed by atoms with E-state index < -0.39 is 34.9 Å². The largest absolute Gasteiger partial charge is 0.429 e. The summed E-state index contributed by atoms with van der Waals surface area (Å²) in [5, 5.41) is 0. The van der Waals surface area contributed by atoms with E-state index in [2.05, 4.69) is 4.74 Å². The molecule has 1 fully saturated rings. The maximum Gasteiger partial charge on any atom is 0.429 e. The highest BCUT2D eigenvalue weighted by Crippen LogP contribution is 2.39. The normalized spacial score (nSPS) is 19.7. The van der Waals surface area contributed by atoms with E-state index >= 15 is 0 Å². The van der Waals surface area contributed by atoms with Crippen LogP contribution >= 0.6 is 0 Å². The Balaban J connectivity index is 1.71. The third-order valence-corrected chi connectivity index (χ3v) is 5.66. The van der Waals surface area contributed by atoms with Crippen LogP contribution in [0.15, 0.2) is 30.3 Å². The van der Waals surface area contributed by atoms with Gasteiger partial charge in [-0.25, -0.2) is 13.2 Å². The molecule has 2 aromatic rings. The van der Waals surface area contributed by atoms with Crippen LogP contribution in [0.5, 0.6) is 5.75 Å². The summed E-state index contributed by atoms with van der Waals surface area (Å²) in [4.78, 5) is 0. The molecule has 0 aliphatic heterocycles. The van der Waals surface area contributed by atoms with Crippen LogP contribution < -0.4 is 4.74 Å². The minimum absolute atomic E-state index is 0.112. The van der Waals surface area contributed by atoms with Crippen LogP contribution in [0.4, 0.5) is 22.0 Å². The molecule has 7 heteroatoms. The zero-order valence-corrected chi connectivity index (χ0v) is 17.0. The fourth-order valence-electron chi connectivity index (χ4n) is 3.86. The predicted molar refractivity (Wildman–Crippen MR) is 103 cm³/mol. The molecule has 1 saturated carbocycles. The van der Waals surface area contributed by atoms with Crippen LogP contribution in [0.25, 0.3) is 0 Å². The third kappa shape index (κ3) is 4.94. The maximum atomic E-state index is 14.5. The van der Waals surface area contributed by atoms with Crippen molar-refractivity contribution in [2.45, 2.75) is 51.6 Å². The Labute approximate surface area is 173 Å². The Morgan fingerprint density at radius 2 is 1.67 bits per heavy atom. The maximum absolute atomic E-state index is 14.5. The van der Waals surface area contributed by atoms with Gasteiger partial charge in [0.15, 0.2) is 23.2 Å². The van der Waals surface area contributed by atoms with Crippen molar-refractivity contribution in [1.82, 2.24) is 0 Å². The SMILES string of the molecule is CCOCC1CCC(c2ccc(OC(F)(F)c3ccc(C)c(F)c3F)c(F)c2)CC1. The predicted octanol–water partition coefficient (Wildman–Crippen LogP) is 6.85. The van der Waals surface area contributed by atoms with E-state index in [4.69, 9.17) is 4.74 Å². The first-order valence-electron chi connectivity index (χ1n) is 10.1. The Morgan fingerprint density at radius 3 is 2.30 bits per heavy atom. The number of hydrogen-bond acceptors (Lipinski definition) is 2. The van der Waals surface area contributed by atoms with Gasteiger partial charge >= 0.3 is 6.11 Å². The molecule has 0 bridgehead atoms. The molecular formula is C23H25F5O2. The fraction of sp³-hybridized carbons (Fsp3) is 0.478. The van der Waals surface area contributed by atoms with E-state index in [0.717, 1.165) is 50.5 Å². The highest BCUT2D eigenvalue weighted by molar-refractivity contribution is 5.33. The van der Waals surface area contributed by atoms with Gasteiger partial charge in [-0.05, 0) is 80.7 Å². The molecule has 0 amide bonds. The molecule has 0 saturated heterocycles. The van der Waals surface area contributed by atoms with Crippen molar-refractivity contribution >= 4 is 0 Å². The van der Waals surface area contributed by atoms with E-state index in [9.17, 15) is 22.0 Å². The van der Waals surface area contributed by atoms with E-state index in [-0.39, 0.29) is 11.5 Å². The summed E-state index contributed by atoms with van der Waals surface area (Å²) >= 11 is 0. The second kappa shape index (κ2) is 9.33. The Kier molecular flexibility index (Phi) is 7.01. The first kappa shape index (κ1) is 22.5. The van der Waals surface area contributed by atoms with Crippen LogP contribution in [0.1, 0.15) is 55.2 Å². The van der Waals surface area contributed by atoms with Gasteiger partial charge in [-0.1, -0.05) is 12.1 Å². The lowest BCUT2D eigenvalue weighted by Gasteiger charge is -2.29. The van der Waals surface area contributed by atoms with Crippen molar-refractivity contribution in [1.29, 1.82) is 0 Å². The zero-order chi connectivity index (χ0) is 21.9. The van der Waals surface area contributed by atoms with Crippen LogP contribution in [0.2, 0.25) is 0 Å². The van der Waals surface area contributed by atoms with Crippen molar-refractivity contribution in [3.63, 3.8) is 0 Å². The standard InChI is InChI=1S/C23H25F5O2/c1-3-29-13-15-5-7-16(8-6-15)17-9-11-20(19(24)12-17)30-23(27,28)18-10-4-14(2)21(25)22(18)26/h4,9-12,15-16H,3,5-8,13H2,1-2H3. The molecule has 0 atom stereocenters. The number of aryl methyl sites for hydroxylation is 1. The van der Waals surface area contributed by atoms with E-state index in [1.54, 1.807) is 6.07 Å². The van der Waals surface area contributed by atoms with Gasteiger partial charge in [-0.2, -0.15) is 8.78 Å². The number of rotatable bonds is 7. The van der Waals surface area contributed by atoms with Gasteiger partial charge < -0.3 is 9.47 Å². The minimum atomic E-state index is -4.22. The van der Waals surface area contributed by atoms with Crippen LogP contribution in [0, 0.1) is 30.3 Å². The molecule has 2 aromatic carbocycles. The number of ether oxygens (including phenoxy) is 2. The quantitative estimate of drug-likeness (QED) is 0.449. The van der Waals surface area contributed by atoms with Gasteiger partial charge in [0.25, 0.3) is 0 Å². The lowest BCUT2D eigenvalue weighted by Crippen LogP contribution is -2.25. The molecule has 0 aromatic heterocycles. The second-order valence-electron chi connectivity index (χ2n) is 7.74. The average Bonchev–Trinajstić information content (AvgIpc) is 2.72. The number of hydrogen-bond donors (Lipinski definition) is 0. The molecule has 30 heavy (non-hydrogen) atoms. The third-order valence-electron chi connectivity index (χ3n) is 5.66. The lowest BCUT2D eigenvalue weighted by atomic mass is 9.79. The summed E-state index contributed by atoms with van der Waals surface area (Å²) < 4.78 is 80.8. The molecule has 0 N–H and O–H groups in total. The molecule has 0 unspecified atom stereocenters. The van der Waals surface area contributed by atoms with Crippen LogP contribution in [-0.4, -0.2) is 13.2 Å². The molecule has 1 aliphatic carbocycles.